The lowest BCUT2D eigenvalue weighted by Gasteiger charge is -2.46. The number of allylic oxidation sites excluding steroid dienone is 1. The highest BCUT2D eigenvalue weighted by Gasteiger charge is 2.53. The third kappa shape index (κ3) is 5.92. The van der Waals surface area contributed by atoms with Crippen LogP contribution in [0.5, 0.6) is 0 Å². The monoisotopic (exact) mass is 764 g/mol. The summed E-state index contributed by atoms with van der Waals surface area (Å²) in [5, 5.41) is 0. The van der Waals surface area contributed by atoms with Crippen LogP contribution in [0, 0.1) is 6.92 Å². The first kappa shape index (κ1) is 37.2. The molecule has 1 aliphatic carbocycles. The molecule has 0 bridgehead atoms. The molecule has 7 aromatic carbocycles. The average molecular weight is 765 g/mol. The molecule has 2 aliphatic heterocycles. The normalized spacial score (nSPS) is 15.2. The van der Waals surface area contributed by atoms with E-state index in [-0.39, 0.29) is 23.0 Å². The van der Waals surface area contributed by atoms with Crippen molar-refractivity contribution in [3.8, 4) is 22.3 Å². The average Bonchev–Trinajstić information content (AvgIpc) is 3.46. The predicted molar refractivity (Wildman–Crippen MR) is 254 cm³/mol. The molecule has 0 unspecified atom stereocenters. The van der Waals surface area contributed by atoms with E-state index in [0.29, 0.717) is 0 Å². The van der Waals surface area contributed by atoms with Gasteiger partial charge in [-0.05, 0) is 116 Å². The van der Waals surface area contributed by atoms with Crippen LogP contribution >= 0.6 is 0 Å². The van der Waals surface area contributed by atoms with E-state index in [1.165, 1.54) is 101 Å². The Morgan fingerprint density at radius 3 is 1.64 bits per heavy atom. The van der Waals surface area contributed by atoms with Crippen molar-refractivity contribution < 1.29 is 0 Å². The van der Waals surface area contributed by atoms with E-state index < -0.39 is 0 Å². The molecule has 3 aliphatic rings. The summed E-state index contributed by atoms with van der Waals surface area (Å²) in [6.45, 7) is 20.9. The van der Waals surface area contributed by atoms with Gasteiger partial charge in [-0.25, -0.2) is 0 Å². The van der Waals surface area contributed by atoms with Gasteiger partial charge in [0.1, 0.15) is 0 Å². The zero-order valence-electron chi connectivity index (χ0n) is 36.0. The summed E-state index contributed by atoms with van der Waals surface area (Å²) in [4.78, 5) is 5.15. The van der Waals surface area contributed by atoms with Gasteiger partial charge in [0.25, 0.3) is 0 Å². The third-order valence-corrected chi connectivity index (χ3v) is 13.2. The summed E-state index contributed by atoms with van der Waals surface area (Å²) in [6, 6.07) is 59.9. The standard InChI is InChI=1S/C56H53BN2/c1-36-32-49-51-50(33-36)59(44-19-15-16-39(34-44)37-22-27-41(28-23-37)54(2,3)4)52-45-20-13-14-21-46(45)56(8,9)53(52)57(51)47-31-26-40(38-24-29-42(30-25-38)55(5,6)7)35-48(47)58(49)43-17-11-10-12-18-43/h10-35H,1-9H3. The van der Waals surface area contributed by atoms with Gasteiger partial charge < -0.3 is 9.80 Å². The van der Waals surface area contributed by atoms with Crippen molar-refractivity contribution in [2.24, 2.45) is 0 Å². The molecule has 2 heterocycles. The van der Waals surface area contributed by atoms with Crippen LogP contribution in [0.3, 0.4) is 0 Å². The topological polar surface area (TPSA) is 6.48 Å². The van der Waals surface area contributed by atoms with Gasteiger partial charge >= 0.3 is 0 Å². The fourth-order valence-corrected chi connectivity index (χ4v) is 10.1. The maximum Gasteiger partial charge on any atom is 0.248 e. The fraction of sp³-hybridized carbons (Fsp3) is 0.214. The van der Waals surface area contributed by atoms with Crippen molar-refractivity contribution in [3.63, 3.8) is 0 Å². The number of anilines is 5. The molecule has 0 N–H and O–H groups in total. The summed E-state index contributed by atoms with van der Waals surface area (Å²) in [6.07, 6.45) is 0. The minimum atomic E-state index is -0.220. The second-order valence-electron chi connectivity index (χ2n) is 19.6. The molecule has 2 nitrogen and oxygen atoms in total. The highest BCUT2D eigenvalue weighted by atomic mass is 15.2. The summed E-state index contributed by atoms with van der Waals surface area (Å²) in [5.41, 5.74) is 23.2. The number of para-hydroxylation sites is 1. The Morgan fingerprint density at radius 2 is 1.02 bits per heavy atom. The zero-order chi connectivity index (χ0) is 41.0. The van der Waals surface area contributed by atoms with Crippen LogP contribution in [0.1, 0.15) is 83.2 Å². The number of aryl methyl sites for hydroxylation is 1. The van der Waals surface area contributed by atoms with Crippen molar-refractivity contribution in [2.75, 3.05) is 9.80 Å². The molecular formula is C56H53BN2. The Bertz CT molecular complexity index is 2810. The summed E-state index contributed by atoms with van der Waals surface area (Å²) < 4.78 is 0. The first-order chi connectivity index (χ1) is 28.2. The van der Waals surface area contributed by atoms with Crippen molar-refractivity contribution >= 4 is 51.8 Å². The number of nitrogens with zero attached hydrogens (tertiary/aromatic N) is 2. The Hall–Kier alpha value is -6.06. The largest absolute Gasteiger partial charge is 0.311 e. The molecule has 0 radical (unpaired) electrons. The lowest BCUT2D eigenvalue weighted by molar-refractivity contribution is 0.590. The van der Waals surface area contributed by atoms with E-state index in [9.17, 15) is 0 Å². The maximum absolute atomic E-state index is 2.61. The maximum atomic E-state index is 2.61. The molecule has 7 aromatic rings. The molecule has 10 rings (SSSR count). The van der Waals surface area contributed by atoms with Crippen LogP contribution in [0.2, 0.25) is 0 Å². The molecule has 3 heteroatoms. The minimum absolute atomic E-state index is 0.0645. The molecule has 0 atom stereocenters. The molecule has 59 heavy (non-hydrogen) atoms. The van der Waals surface area contributed by atoms with E-state index >= 15 is 0 Å². The molecular weight excluding hydrogens is 711 g/mol. The van der Waals surface area contributed by atoms with Crippen LogP contribution in [-0.4, -0.2) is 6.71 Å². The van der Waals surface area contributed by atoms with Gasteiger partial charge in [0.2, 0.25) is 6.71 Å². The molecule has 0 saturated heterocycles. The van der Waals surface area contributed by atoms with Crippen LogP contribution < -0.4 is 20.7 Å². The van der Waals surface area contributed by atoms with Crippen molar-refractivity contribution in [2.45, 2.75) is 78.6 Å². The first-order valence-electron chi connectivity index (χ1n) is 21.3. The summed E-state index contributed by atoms with van der Waals surface area (Å²) in [7, 11) is 0. The number of fused-ring (bicyclic) bond motifs is 5. The van der Waals surface area contributed by atoms with E-state index in [2.05, 4.69) is 230 Å². The number of hydrogen-bond acceptors (Lipinski definition) is 2. The van der Waals surface area contributed by atoms with Crippen molar-refractivity contribution in [1.82, 2.24) is 0 Å². The van der Waals surface area contributed by atoms with Crippen LogP contribution in [0.15, 0.2) is 163 Å². The number of benzene rings is 7. The van der Waals surface area contributed by atoms with Crippen LogP contribution in [-0.2, 0) is 16.2 Å². The third-order valence-electron chi connectivity index (χ3n) is 13.2. The molecule has 0 spiro atoms. The number of hydrogen-bond donors (Lipinski definition) is 0. The Kier molecular flexibility index (Phi) is 8.35. The van der Waals surface area contributed by atoms with Gasteiger partial charge in [0.15, 0.2) is 0 Å². The quantitative estimate of drug-likeness (QED) is 0.165. The van der Waals surface area contributed by atoms with Crippen molar-refractivity contribution in [3.05, 3.63) is 191 Å². The Labute approximate surface area is 352 Å². The van der Waals surface area contributed by atoms with E-state index in [4.69, 9.17) is 0 Å². The lowest BCUT2D eigenvalue weighted by Crippen LogP contribution is -2.57. The van der Waals surface area contributed by atoms with Crippen LogP contribution in [0.25, 0.3) is 28.0 Å². The minimum Gasteiger partial charge on any atom is -0.311 e. The predicted octanol–water partition coefficient (Wildman–Crippen LogP) is 13.7. The second-order valence-corrected chi connectivity index (χ2v) is 19.6. The highest BCUT2D eigenvalue weighted by molar-refractivity contribution is 6.96. The number of rotatable bonds is 4. The van der Waals surface area contributed by atoms with Crippen LogP contribution in [0.4, 0.5) is 28.4 Å². The molecule has 0 saturated carbocycles. The highest BCUT2D eigenvalue weighted by Crippen LogP contribution is 2.56. The first-order valence-corrected chi connectivity index (χ1v) is 21.3. The Balaban J connectivity index is 1.23. The smallest absolute Gasteiger partial charge is 0.248 e. The van der Waals surface area contributed by atoms with Crippen molar-refractivity contribution in [1.29, 1.82) is 0 Å². The fourth-order valence-electron chi connectivity index (χ4n) is 10.1. The van der Waals surface area contributed by atoms with E-state index in [1.807, 2.05) is 0 Å². The Morgan fingerprint density at radius 1 is 0.475 bits per heavy atom. The molecule has 0 aromatic heterocycles. The van der Waals surface area contributed by atoms with Gasteiger partial charge in [-0.2, -0.15) is 0 Å². The lowest BCUT2D eigenvalue weighted by atomic mass is 9.30. The molecule has 0 amide bonds. The van der Waals surface area contributed by atoms with Gasteiger partial charge in [-0.1, -0.05) is 176 Å². The summed E-state index contributed by atoms with van der Waals surface area (Å²) >= 11 is 0. The second kappa shape index (κ2) is 13.2. The molecule has 0 fully saturated rings. The van der Waals surface area contributed by atoms with Gasteiger partial charge in [-0.15, -0.1) is 0 Å². The molecule has 290 valence electrons. The van der Waals surface area contributed by atoms with E-state index in [0.717, 1.165) is 0 Å². The SMILES string of the molecule is Cc1cc2c3c(c1)N(c1ccccc1)c1cc(-c4ccc(C(C)(C)C)cc4)ccc1B3C1=C(c3ccccc3C1(C)C)N2c1cccc(-c2ccc(C(C)(C)C)cc2)c1. The van der Waals surface area contributed by atoms with Gasteiger partial charge in [0, 0.05) is 45.1 Å². The van der Waals surface area contributed by atoms with E-state index in [1.54, 1.807) is 0 Å². The van der Waals surface area contributed by atoms with Gasteiger partial charge in [-0.3, -0.25) is 0 Å². The summed E-state index contributed by atoms with van der Waals surface area (Å²) in [5.74, 6) is 0. The zero-order valence-corrected chi connectivity index (χ0v) is 36.0. The van der Waals surface area contributed by atoms with Gasteiger partial charge in [0.05, 0.1) is 0 Å².